The molecule has 0 saturated carbocycles. The molecule has 1 aromatic heterocycles. The molecule has 22 heavy (non-hydrogen) atoms. The lowest BCUT2D eigenvalue weighted by atomic mass is 9.98. The van der Waals surface area contributed by atoms with Crippen molar-refractivity contribution in [3.8, 4) is 0 Å². The molecule has 2 heterocycles. The molecule has 0 bridgehead atoms. The molecule has 1 aliphatic heterocycles. The number of hydrogen-bond donors (Lipinski definition) is 0. The van der Waals surface area contributed by atoms with Crippen molar-refractivity contribution >= 4 is 5.91 Å². The van der Waals surface area contributed by atoms with Gasteiger partial charge in [0.1, 0.15) is 5.82 Å². The van der Waals surface area contributed by atoms with E-state index in [9.17, 15) is 4.79 Å². The average molecular weight is 297 g/mol. The van der Waals surface area contributed by atoms with E-state index in [0.29, 0.717) is 5.92 Å². The Kier molecular flexibility index (Phi) is 4.27. The van der Waals surface area contributed by atoms with Gasteiger partial charge >= 0.3 is 0 Å². The summed E-state index contributed by atoms with van der Waals surface area (Å²) >= 11 is 0. The van der Waals surface area contributed by atoms with E-state index < -0.39 is 0 Å². The average Bonchev–Trinajstić information content (AvgIpc) is 2.97. The smallest absolute Gasteiger partial charge is 0.253 e. The van der Waals surface area contributed by atoms with Crippen molar-refractivity contribution < 1.29 is 4.79 Å². The van der Waals surface area contributed by atoms with Gasteiger partial charge in [-0.2, -0.15) is 0 Å². The Balaban J connectivity index is 1.55. The lowest BCUT2D eigenvalue weighted by molar-refractivity contribution is 0.0467. The third-order valence-electron chi connectivity index (χ3n) is 4.43. The van der Waals surface area contributed by atoms with Crippen LogP contribution in [0.25, 0.3) is 0 Å². The quantitative estimate of drug-likeness (QED) is 0.851. The van der Waals surface area contributed by atoms with Gasteiger partial charge in [-0.3, -0.25) is 4.79 Å². The molecule has 0 radical (unpaired) electrons. The third-order valence-corrected chi connectivity index (χ3v) is 4.43. The molecule has 0 aliphatic carbocycles. The lowest BCUT2D eigenvalue weighted by Gasteiger charge is -2.39. The molecule has 0 spiro atoms. The first-order valence-corrected chi connectivity index (χ1v) is 8.09. The van der Waals surface area contributed by atoms with Gasteiger partial charge < -0.3 is 9.47 Å². The standard InChI is InChI=1S/C18H23N3O/c1-3-14-5-7-16(8-6-14)18(22)21-12-15(13-21)11-20-10-9-19-17(20)4-2/h5-10,15H,3-4,11-13H2,1-2H3. The number of carbonyl (C=O) groups excluding carboxylic acids is 1. The highest BCUT2D eigenvalue weighted by molar-refractivity contribution is 5.94. The topological polar surface area (TPSA) is 38.1 Å². The predicted molar refractivity (Wildman–Crippen MR) is 86.8 cm³/mol. The summed E-state index contributed by atoms with van der Waals surface area (Å²) in [6.07, 6.45) is 5.85. The van der Waals surface area contributed by atoms with Gasteiger partial charge in [0.2, 0.25) is 0 Å². The Hall–Kier alpha value is -2.10. The zero-order valence-electron chi connectivity index (χ0n) is 13.3. The Morgan fingerprint density at radius 3 is 2.55 bits per heavy atom. The maximum absolute atomic E-state index is 12.4. The molecular formula is C18H23N3O. The summed E-state index contributed by atoms with van der Waals surface area (Å²) in [4.78, 5) is 18.7. The number of carbonyl (C=O) groups is 1. The summed E-state index contributed by atoms with van der Waals surface area (Å²) in [7, 11) is 0. The van der Waals surface area contributed by atoms with Crippen LogP contribution in [0.5, 0.6) is 0 Å². The van der Waals surface area contributed by atoms with Crippen molar-refractivity contribution in [2.75, 3.05) is 13.1 Å². The fourth-order valence-corrected chi connectivity index (χ4v) is 3.02. The van der Waals surface area contributed by atoms with E-state index >= 15 is 0 Å². The van der Waals surface area contributed by atoms with Crippen LogP contribution in [0.15, 0.2) is 36.7 Å². The Morgan fingerprint density at radius 1 is 1.18 bits per heavy atom. The highest BCUT2D eigenvalue weighted by Gasteiger charge is 2.31. The predicted octanol–water partition coefficient (Wildman–Crippen LogP) is 2.78. The summed E-state index contributed by atoms with van der Waals surface area (Å²) < 4.78 is 2.21. The molecule has 1 aliphatic rings. The van der Waals surface area contributed by atoms with Crippen LogP contribution in [0, 0.1) is 5.92 Å². The second kappa shape index (κ2) is 6.34. The SMILES string of the molecule is CCc1ccc(C(=O)N2CC(Cn3ccnc3CC)C2)cc1. The van der Waals surface area contributed by atoms with Crippen LogP contribution in [0.3, 0.4) is 0 Å². The summed E-state index contributed by atoms with van der Waals surface area (Å²) in [6, 6.07) is 7.98. The minimum Gasteiger partial charge on any atom is -0.338 e. The van der Waals surface area contributed by atoms with Gasteiger partial charge in [0, 0.05) is 49.9 Å². The molecule has 1 amide bonds. The second-order valence-electron chi connectivity index (χ2n) is 5.98. The number of aromatic nitrogens is 2. The molecule has 116 valence electrons. The first-order valence-electron chi connectivity index (χ1n) is 8.09. The fourth-order valence-electron chi connectivity index (χ4n) is 3.02. The maximum Gasteiger partial charge on any atom is 0.253 e. The van der Waals surface area contributed by atoms with Crippen LogP contribution < -0.4 is 0 Å². The molecule has 1 aromatic carbocycles. The minimum atomic E-state index is 0.153. The van der Waals surface area contributed by atoms with Crippen LogP contribution in [-0.2, 0) is 19.4 Å². The lowest BCUT2D eigenvalue weighted by Crippen LogP contribution is -2.51. The number of amides is 1. The van der Waals surface area contributed by atoms with Crippen molar-refractivity contribution in [1.29, 1.82) is 0 Å². The van der Waals surface area contributed by atoms with E-state index in [1.807, 2.05) is 41.6 Å². The van der Waals surface area contributed by atoms with Crippen molar-refractivity contribution in [2.45, 2.75) is 33.2 Å². The normalized spacial score (nSPS) is 14.9. The molecule has 2 aromatic rings. The van der Waals surface area contributed by atoms with Crippen LogP contribution in [-0.4, -0.2) is 33.4 Å². The van der Waals surface area contributed by atoms with Crippen molar-refractivity contribution in [3.05, 3.63) is 53.6 Å². The van der Waals surface area contributed by atoms with Crippen molar-refractivity contribution in [2.24, 2.45) is 5.92 Å². The first kappa shape index (κ1) is 14.8. The summed E-state index contributed by atoms with van der Waals surface area (Å²) in [5.41, 5.74) is 2.07. The second-order valence-corrected chi connectivity index (χ2v) is 5.98. The first-order chi connectivity index (χ1) is 10.7. The molecule has 1 saturated heterocycles. The number of nitrogens with zero attached hydrogens (tertiary/aromatic N) is 3. The van der Waals surface area contributed by atoms with Crippen LogP contribution in [0.1, 0.15) is 35.6 Å². The van der Waals surface area contributed by atoms with E-state index in [0.717, 1.165) is 43.9 Å². The van der Waals surface area contributed by atoms with Crippen molar-refractivity contribution in [3.63, 3.8) is 0 Å². The molecular weight excluding hydrogens is 274 g/mol. The minimum absolute atomic E-state index is 0.153. The van der Waals surface area contributed by atoms with E-state index in [-0.39, 0.29) is 5.91 Å². The number of aryl methyl sites for hydroxylation is 2. The van der Waals surface area contributed by atoms with Gasteiger partial charge in [-0.1, -0.05) is 26.0 Å². The number of rotatable bonds is 5. The Bertz CT molecular complexity index is 639. The molecule has 3 rings (SSSR count). The van der Waals surface area contributed by atoms with Crippen molar-refractivity contribution in [1.82, 2.24) is 14.5 Å². The molecule has 4 heteroatoms. The van der Waals surface area contributed by atoms with Gasteiger partial charge in [0.05, 0.1) is 0 Å². The summed E-state index contributed by atoms with van der Waals surface area (Å²) in [5, 5.41) is 0. The highest BCUT2D eigenvalue weighted by atomic mass is 16.2. The monoisotopic (exact) mass is 297 g/mol. The van der Waals surface area contributed by atoms with Gasteiger partial charge in [-0.15, -0.1) is 0 Å². The number of benzene rings is 1. The maximum atomic E-state index is 12.4. The molecule has 0 N–H and O–H groups in total. The molecule has 0 unspecified atom stereocenters. The number of hydrogen-bond acceptors (Lipinski definition) is 2. The molecule has 4 nitrogen and oxygen atoms in total. The van der Waals surface area contributed by atoms with Gasteiger partial charge in [-0.25, -0.2) is 4.98 Å². The summed E-state index contributed by atoms with van der Waals surface area (Å²) in [6.45, 7) is 6.89. The van der Waals surface area contributed by atoms with E-state index in [2.05, 4.69) is 23.4 Å². The third kappa shape index (κ3) is 2.91. The van der Waals surface area contributed by atoms with Gasteiger partial charge in [0.25, 0.3) is 5.91 Å². The van der Waals surface area contributed by atoms with Gasteiger partial charge in [-0.05, 0) is 24.1 Å². The molecule has 0 atom stereocenters. The fraction of sp³-hybridized carbons (Fsp3) is 0.444. The summed E-state index contributed by atoms with van der Waals surface area (Å²) in [5.74, 6) is 1.82. The zero-order chi connectivity index (χ0) is 15.5. The van der Waals surface area contributed by atoms with Gasteiger partial charge in [0.15, 0.2) is 0 Å². The number of imidazole rings is 1. The largest absolute Gasteiger partial charge is 0.338 e. The Labute approximate surface area is 131 Å². The van der Waals surface area contributed by atoms with Crippen LogP contribution in [0.4, 0.5) is 0 Å². The van der Waals surface area contributed by atoms with Crippen LogP contribution >= 0.6 is 0 Å². The van der Waals surface area contributed by atoms with E-state index in [1.165, 1.54) is 5.56 Å². The number of likely N-dealkylation sites (tertiary alicyclic amines) is 1. The molecule has 1 fully saturated rings. The van der Waals surface area contributed by atoms with Crippen LogP contribution in [0.2, 0.25) is 0 Å². The van der Waals surface area contributed by atoms with E-state index in [1.54, 1.807) is 0 Å². The Morgan fingerprint density at radius 2 is 1.91 bits per heavy atom. The van der Waals surface area contributed by atoms with E-state index in [4.69, 9.17) is 0 Å². The zero-order valence-corrected chi connectivity index (χ0v) is 13.3. The highest BCUT2D eigenvalue weighted by Crippen LogP contribution is 2.21.